The Morgan fingerprint density at radius 1 is 1.00 bits per heavy atom. The van der Waals surface area contributed by atoms with Crippen LogP contribution in [-0.2, 0) is 6.54 Å². The first-order chi connectivity index (χ1) is 15.2. The normalized spacial score (nSPS) is 14.4. The number of benzene rings is 1. The molecule has 1 saturated heterocycles. The third-order valence-corrected chi connectivity index (χ3v) is 6.61. The van der Waals surface area contributed by atoms with Crippen LogP contribution in [-0.4, -0.2) is 56.5 Å². The lowest BCUT2D eigenvalue weighted by Crippen LogP contribution is -2.49. The molecule has 31 heavy (non-hydrogen) atoms. The van der Waals surface area contributed by atoms with E-state index in [0.717, 1.165) is 58.6 Å². The van der Waals surface area contributed by atoms with Gasteiger partial charge in [-0.3, -0.25) is 4.79 Å². The van der Waals surface area contributed by atoms with Gasteiger partial charge in [-0.2, -0.15) is 0 Å². The van der Waals surface area contributed by atoms with Crippen molar-refractivity contribution in [3.05, 3.63) is 59.7 Å². The maximum Gasteiger partial charge on any atom is 0.264 e. The minimum atomic E-state index is 0.0861. The Balaban J connectivity index is 1.34. The van der Waals surface area contributed by atoms with Crippen LogP contribution in [0.15, 0.2) is 54.9 Å². The molecule has 0 saturated carbocycles. The molecule has 1 amide bonds. The maximum absolute atomic E-state index is 13.1. The summed E-state index contributed by atoms with van der Waals surface area (Å²) in [6, 6.07) is 14.0. The van der Waals surface area contributed by atoms with E-state index >= 15 is 0 Å². The predicted molar refractivity (Wildman–Crippen MR) is 123 cm³/mol. The SMILES string of the molecule is CCCn1c(-c2ccc(C(=O)N3CCN(c4ncccn4)CC3)s2)nc2ccccc21. The fourth-order valence-electron chi connectivity index (χ4n) is 4.01. The average molecular weight is 433 g/mol. The molecule has 5 rings (SSSR count). The molecule has 0 unspecified atom stereocenters. The number of hydrogen-bond acceptors (Lipinski definition) is 6. The molecule has 1 aliphatic rings. The van der Waals surface area contributed by atoms with Gasteiger partial charge in [-0.15, -0.1) is 11.3 Å². The van der Waals surface area contributed by atoms with Gasteiger partial charge in [0.2, 0.25) is 5.95 Å². The molecule has 0 atom stereocenters. The van der Waals surface area contributed by atoms with Crippen molar-refractivity contribution >= 4 is 34.2 Å². The lowest BCUT2D eigenvalue weighted by molar-refractivity contribution is 0.0751. The van der Waals surface area contributed by atoms with E-state index in [1.807, 2.05) is 41.3 Å². The van der Waals surface area contributed by atoms with Crippen LogP contribution in [0.1, 0.15) is 23.0 Å². The number of rotatable bonds is 5. The Morgan fingerprint density at radius 2 is 1.77 bits per heavy atom. The standard InChI is InChI=1S/C23H24N6OS/c1-2-12-29-18-7-4-3-6-17(18)26-21(29)19-8-9-20(31-19)22(30)27-13-15-28(16-14-27)23-24-10-5-11-25-23/h3-11H,2,12-16H2,1H3. The second-order valence-corrected chi connectivity index (χ2v) is 8.65. The van der Waals surface area contributed by atoms with Crippen LogP contribution in [0.25, 0.3) is 21.7 Å². The highest BCUT2D eigenvalue weighted by Crippen LogP contribution is 2.31. The van der Waals surface area contributed by atoms with Crippen LogP contribution in [0.5, 0.6) is 0 Å². The second kappa shape index (κ2) is 8.47. The van der Waals surface area contributed by atoms with E-state index in [-0.39, 0.29) is 5.91 Å². The van der Waals surface area contributed by atoms with Gasteiger partial charge >= 0.3 is 0 Å². The van der Waals surface area contributed by atoms with Crippen molar-refractivity contribution in [3.63, 3.8) is 0 Å². The summed E-state index contributed by atoms with van der Waals surface area (Å²) in [4.78, 5) is 32.4. The summed E-state index contributed by atoms with van der Waals surface area (Å²) in [6.07, 6.45) is 4.53. The fourth-order valence-corrected chi connectivity index (χ4v) is 4.98. The number of aryl methyl sites for hydroxylation is 1. The molecular weight excluding hydrogens is 408 g/mol. The van der Waals surface area contributed by atoms with Crippen molar-refractivity contribution in [2.45, 2.75) is 19.9 Å². The first-order valence-corrected chi connectivity index (χ1v) is 11.4. The number of thiophene rings is 1. The molecule has 3 aromatic heterocycles. The van der Waals surface area contributed by atoms with Gasteiger partial charge in [0, 0.05) is 45.1 Å². The van der Waals surface area contributed by atoms with Crippen LogP contribution in [0.2, 0.25) is 0 Å². The van der Waals surface area contributed by atoms with Crippen LogP contribution < -0.4 is 4.90 Å². The minimum Gasteiger partial charge on any atom is -0.337 e. The predicted octanol–water partition coefficient (Wildman–Crippen LogP) is 3.93. The van der Waals surface area contributed by atoms with Crippen molar-refractivity contribution in [2.24, 2.45) is 0 Å². The largest absolute Gasteiger partial charge is 0.337 e. The molecule has 4 aromatic rings. The van der Waals surface area contributed by atoms with Gasteiger partial charge in [0.15, 0.2) is 5.82 Å². The van der Waals surface area contributed by atoms with Crippen LogP contribution >= 0.6 is 11.3 Å². The van der Waals surface area contributed by atoms with E-state index in [2.05, 4.69) is 32.4 Å². The van der Waals surface area contributed by atoms with Gasteiger partial charge in [0.1, 0.15) is 0 Å². The molecule has 0 spiro atoms. The lowest BCUT2D eigenvalue weighted by atomic mass is 10.3. The number of carbonyl (C=O) groups excluding carboxylic acids is 1. The van der Waals surface area contributed by atoms with Gasteiger partial charge in [0.05, 0.1) is 20.8 Å². The van der Waals surface area contributed by atoms with Gasteiger partial charge in [-0.05, 0) is 36.8 Å². The number of aromatic nitrogens is 4. The number of amides is 1. The van der Waals surface area contributed by atoms with E-state index in [1.54, 1.807) is 12.4 Å². The number of carbonyl (C=O) groups is 1. The Bertz CT molecular complexity index is 1190. The highest BCUT2D eigenvalue weighted by molar-refractivity contribution is 7.17. The van der Waals surface area contributed by atoms with E-state index < -0.39 is 0 Å². The maximum atomic E-state index is 13.1. The van der Waals surface area contributed by atoms with Crippen LogP contribution in [0, 0.1) is 0 Å². The molecule has 1 fully saturated rings. The Hall–Kier alpha value is -3.26. The molecule has 158 valence electrons. The number of fused-ring (bicyclic) bond motifs is 1. The third-order valence-electron chi connectivity index (χ3n) is 5.54. The molecule has 8 heteroatoms. The van der Waals surface area contributed by atoms with Gasteiger partial charge in [0.25, 0.3) is 5.91 Å². The number of nitrogens with zero attached hydrogens (tertiary/aromatic N) is 6. The number of imidazole rings is 1. The average Bonchev–Trinajstić information content (AvgIpc) is 3.45. The first-order valence-electron chi connectivity index (χ1n) is 10.6. The zero-order valence-electron chi connectivity index (χ0n) is 17.4. The molecule has 0 aliphatic carbocycles. The lowest BCUT2D eigenvalue weighted by Gasteiger charge is -2.34. The molecule has 0 radical (unpaired) electrons. The van der Waals surface area contributed by atoms with Gasteiger partial charge < -0.3 is 14.4 Å². The summed E-state index contributed by atoms with van der Waals surface area (Å²) >= 11 is 1.53. The molecule has 0 bridgehead atoms. The summed E-state index contributed by atoms with van der Waals surface area (Å²) in [5, 5.41) is 0. The summed E-state index contributed by atoms with van der Waals surface area (Å²) in [5.74, 6) is 1.75. The zero-order valence-corrected chi connectivity index (χ0v) is 18.3. The number of piperazine rings is 1. The highest BCUT2D eigenvalue weighted by atomic mass is 32.1. The molecule has 1 aliphatic heterocycles. The summed E-state index contributed by atoms with van der Waals surface area (Å²) in [6.45, 7) is 5.88. The second-order valence-electron chi connectivity index (χ2n) is 7.57. The quantitative estimate of drug-likeness (QED) is 0.478. The summed E-state index contributed by atoms with van der Waals surface area (Å²) < 4.78 is 2.26. The van der Waals surface area contributed by atoms with Crippen molar-refractivity contribution in [2.75, 3.05) is 31.1 Å². The minimum absolute atomic E-state index is 0.0861. The van der Waals surface area contributed by atoms with Crippen LogP contribution in [0.3, 0.4) is 0 Å². The van der Waals surface area contributed by atoms with Crippen LogP contribution in [0.4, 0.5) is 5.95 Å². The molecule has 4 heterocycles. The van der Waals surface area contributed by atoms with E-state index in [1.165, 1.54) is 11.3 Å². The number of hydrogen-bond donors (Lipinski definition) is 0. The zero-order chi connectivity index (χ0) is 21.2. The third kappa shape index (κ3) is 3.79. The Morgan fingerprint density at radius 3 is 2.55 bits per heavy atom. The molecular formula is C23H24N6OS. The number of anilines is 1. The Labute approximate surface area is 185 Å². The van der Waals surface area contributed by atoms with Crippen molar-refractivity contribution < 1.29 is 4.79 Å². The van der Waals surface area contributed by atoms with Crippen molar-refractivity contribution in [1.82, 2.24) is 24.4 Å². The highest BCUT2D eigenvalue weighted by Gasteiger charge is 2.25. The summed E-state index contributed by atoms with van der Waals surface area (Å²) in [5.41, 5.74) is 2.13. The van der Waals surface area contributed by atoms with E-state index in [9.17, 15) is 4.79 Å². The fraction of sp³-hybridized carbons (Fsp3) is 0.304. The van der Waals surface area contributed by atoms with Crippen molar-refractivity contribution in [1.29, 1.82) is 0 Å². The molecule has 7 nitrogen and oxygen atoms in total. The Kier molecular flexibility index (Phi) is 5.38. The first kappa shape index (κ1) is 19.7. The topological polar surface area (TPSA) is 67.2 Å². The molecule has 1 aromatic carbocycles. The van der Waals surface area contributed by atoms with E-state index in [0.29, 0.717) is 13.1 Å². The monoisotopic (exact) mass is 432 g/mol. The van der Waals surface area contributed by atoms with Gasteiger partial charge in [-0.25, -0.2) is 15.0 Å². The molecule has 0 N–H and O–H groups in total. The summed E-state index contributed by atoms with van der Waals surface area (Å²) in [7, 11) is 0. The van der Waals surface area contributed by atoms with Crippen molar-refractivity contribution in [3.8, 4) is 10.7 Å². The van der Waals surface area contributed by atoms with E-state index in [4.69, 9.17) is 4.98 Å². The van der Waals surface area contributed by atoms with Gasteiger partial charge in [-0.1, -0.05) is 19.1 Å². The number of para-hydroxylation sites is 2. The smallest absolute Gasteiger partial charge is 0.264 e.